The van der Waals surface area contributed by atoms with Crippen molar-refractivity contribution in [3.8, 4) is 0 Å². The number of rotatable bonds is 3. The molecule has 0 aromatic heterocycles. The molecule has 9 heavy (non-hydrogen) atoms. The van der Waals surface area contributed by atoms with Crippen molar-refractivity contribution in [2.75, 3.05) is 0 Å². The minimum Gasteiger partial charge on any atom is -0.322 e. The maximum Gasteiger partial charge on any atom is 0.136 e. The first-order valence-electron chi connectivity index (χ1n) is 3.52. The van der Waals surface area contributed by atoms with Gasteiger partial charge in [0.15, 0.2) is 0 Å². The van der Waals surface area contributed by atoms with Gasteiger partial charge in [-0.1, -0.05) is 27.2 Å². The first kappa shape index (κ1) is 11.4. The molecule has 0 bridgehead atoms. The highest BCUT2D eigenvalue weighted by molar-refractivity contribution is 5.56. The number of hydrogen-bond donors (Lipinski definition) is 1. The summed E-state index contributed by atoms with van der Waals surface area (Å²) in [6.45, 7) is 6.00. The molecule has 1 atom stereocenters. The number of carbonyl (C=O) groups excluding carboxylic acids is 1. The summed E-state index contributed by atoms with van der Waals surface area (Å²) in [5.74, 6) is 0. The molecule has 58 valence electrons. The molecule has 0 unspecified atom stereocenters. The minimum absolute atomic E-state index is 0. The Bertz CT molecular complexity index is 59.6. The molecule has 0 rings (SSSR count). The van der Waals surface area contributed by atoms with E-state index in [1.165, 1.54) is 0 Å². The van der Waals surface area contributed by atoms with Gasteiger partial charge in [0.2, 0.25) is 0 Å². The van der Waals surface area contributed by atoms with Crippen LogP contribution < -0.4 is 5.73 Å². The second-order valence-electron chi connectivity index (χ2n) is 1.59. The third-order valence-electron chi connectivity index (χ3n) is 0.797. The number of aldehydes is 1. The molecule has 0 saturated heterocycles. The second-order valence-corrected chi connectivity index (χ2v) is 1.59. The topological polar surface area (TPSA) is 43.1 Å². The van der Waals surface area contributed by atoms with Crippen LogP contribution in [0.4, 0.5) is 0 Å². The molecule has 0 spiro atoms. The lowest BCUT2D eigenvalue weighted by Crippen LogP contribution is -2.20. The van der Waals surface area contributed by atoms with Crippen LogP contribution in [0, 0.1) is 0 Å². The summed E-state index contributed by atoms with van der Waals surface area (Å²) >= 11 is 0. The van der Waals surface area contributed by atoms with Gasteiger partial charge in [-0.3, -0.25) is 0 Å². The average molecular weight is 133 g/mol. The van der Waals surface area contributed by atoms with Gasteiger partial charge >= 0.3 is 0 Å². The van der Waals surface area contributed by atoms with E-state index in [9.17, 15) is 4.79 Å². The Morgan fingerprint density at radius 2 is 2.11 bits per heavy atom. The van der Waals surface area contributed by atoms with Crippen molar-refractivity contribution < 1.29 is 6.22 Å². The molecule has 0 aromatic rings. The molecule has 0 saturated carbocycles. The molecule has 0 aromatic carbocycles. The smallest absolute Gasteiger partial charge is 0.136 e. The van der Waals surface area contributed by atoms with Crippen LogP contribution >= 0.6 is 0 Å². The molecule has 2 N–H and O–H groups in total. The lowest BCUT2D eigenvalue weighted by atomic mass is 10.2. The summed E-state index contributed by atoms with van der Waals surface area (Å²) in [4.78, 5) is 9.77. The highest BCUT2D eigenvalue weighted by Crippen LogP contribution is 1.87. The quantitative estimate of drug-likeness (QED) is 0.594. The Balaban J connectivity index is -0.000000149. The van der Waals surface area contributed by atoms with E-state index in [0.29, 0.717) is 0 Å². The molecule has 0 aliphatic rings. The van der Waals surface area contributed by atoms with Gasteiger partial charge in [0, 0.05) is 1.43 Å². The van der Waals surface area contributed by atoms with Crippen molar-refractivity contribution in [1.29, 1.82) is 0 Å². The van der Waals surface area contributed by atoms with Crippen molar-refractivity contribution in [2.45, 2.75) is 39.7 Å². The third-order valence-corrected chi connectivity index (χ3v) is 0.797. The zero-order chi connectivity index (χ0) is 7.70. The summed E-state index contributed by atoms with van der Waals surface area (Å²) in [7, 11) is 0. The first-order valence-corrected chi connectivity index (χ1v) is 3.52. The molecule has 0 fully saturated rings. The molecule has 2 nitrogen and oxygen atoms in total. The van der Waals surface area contributed by atoms with Gasteiger partial charge in [0.05, 0.1) is 6.04 Å². The van der Waals surface area contributed by atoms with Gasteiger partial charge in [0.25, 0.3) is 0 Å². The predicted molar refractivity (Wildman–Crippen MR) is 42.4 cm³/mol. The second kappa shape index (κ2) is 10.6. The lowest BCUT2D eigenvalue weighted by Gasteiger charge is -1.95. The van der Waals surface area contributed by atoms with E-state index < -0.39 is 0 Å². The van der Waals surface area contributed by atoms with Gasteiger partial charge in [-0.25, -0.2) is 0 Å². The van der Waals surface area contributed by atoms with E-state index in [1.54, 1.807) is 0 Å². The Morgan fingerprint density at radius 3 is 2.22 bits per heavy atom. The molecule has 0 aliphatic carbocycles. The zero-order valence-electron chi connectivity index (χ0n) is 6.55. The van der Waals surface area contributed by atoms with Gasteiger partial charge in [-0.15, -0.1) is 0 Å². The summed E-state index contributed by atoms with van der Waals surface area (Å²) < 4.78 is 0. The van der Waals surface area contributed by atoms with E-state index in [0.717, 1.165) is 19.1 Å². The summed E-state index contributed by atoms with van der Waals surface area (Å²) in [6, 6.07) is -0.231. The summed E-state index contributed by atoms with van der Waals surface area (Å²) in [6.07, 6.45) is 2.58. The minimum atomic E-state index is -0.231. The highest BCUT2D eigenvalue weighted by Gasteiger charge is 1.93. The van der Waals surface area contributed by atoms with Gasteiger partial charge in [-0.05, 0) is 6.42 Å². The van der Waals surface area contributed by atoms with Crippen LogP contribution in [0.2, 0.25) is 0 Å². The number of nitrogens with two attached hydrogens (primary N) is 1. The molecule has 0 amide bonds. The largest absolute Gasteiger partial charge is 0.322 e. The zero-order valence-corrected chi connectivity index (χ0v) is 6.55. The fourth-order valence-corrected chi connectivity index (χ4v) is 0.401. The Morgan fingerprint density at radius 1 is 1.67 bits per heavy atom. The van der Waals surface area contributed by atoms with Crippen LogP contribution in [0.3, 0.4) is 0 Å². The number of carbonyl (C=O) groups is 1. The van der Waals surface area contributed by atoms with Crippen molar-refractivity contribution >= 4 is 6.29 Å². The standard InChI is InChI=1S/C5H11NO.C2H6.H2/c1-2-3-5(6)4-7;1-2;/h4-5H,2-3,6H2,1H3;1-2H3;1H/t5-;;/m0../s1. The van der Waals surface area contributed by atoms with Gasteiger partial charge in [0.1, 0.15) is 6.29 Å². The van der Waals surface area contributed by atoms with Crippen LogP contribution in [0.5, 0.6) is 0 Å². The monoisotopic (exact) mass is 133 g/mol. The highest BCUT2D eigenvalue weighted by atomic mass is 16.1. The Hall–Kier alpha value is -0.370. The van der Waals surface area contributed by atoms with Crippen molar-refractivity contribution in [2.24, 2.45) is 5.73 Å². The van der Waals surface area contributed by atoms with Crippen molar-refractivity contribution in [1.82, 2.24) is 0 Å². The average Bonchev–Trinajstić information content (AvgIpc) is 1.93. The Labute approximate surface area is 58.9 Å². The molecular weight excluding hydrogens is 114 g/mol. The fraction of sp³-hybridized carbons (Fsp3) is 0.857. The normalized spacial score (nSPS) is 11.1. The van der Waals surface area contributed by atoms with Gasteiger partial charge < -0.3 is 10.5 Å². The van der Waals surface area contributed by atoms with Crippen LogP contribution in [-0.2, 0) is 4.79 Å². The van der Waals surface area contributed by atoms with Crippen molar-refractivity contribution in [3.63, 3.8) is 0 Å². The Kier molecular flexibility index (Phi) is 13.4. The van der Waals surface area contributed by atoms with Crippen LogP contribution in [-0.4, -0.2) is 12.3 Å². The maximum atomic E-state index is 9.77. The fourth-order valence-electron chi connectivity index (χ4n) is 0.401. The van der Waals surface area contributed by atoms with E-state index in [4.69, 9.17) is 5.73 Å². The van der Waals surface area contributed by atoms with E-state index in [-0.39, 0.29) is 7.47 Å². The SMILES string of the molecule is CC.CCC[C@H](N)C=O.[HH]. The molecule has 2 heteroatoms. The van der Waals surface area contributed by atoms with E-state index in [2.05, 4.69) is 0 Å². The van der Waals surface area contributed by atoms with Crippen molar-refractivity contribution in [3.05, 3.63) is 0 Å². The summed E-state index contributed by atoms with van der Waals surface area (Å²) in [5.41, 5.74) is 5.22. The van der Waals surface area contributed by atoms with Crippen LogP contribution in [0.25, 0.3) is 0 Å². The molecular formula is C7H19NO. The van der Waals surface area contributed by atoms with Crippen LogP contribution in [0.1, 0.15) is 35.0 Å². The van der Waals surface area contributed by atoms with E-state index >= 15 is 0 Å². The molecule has 0 heterocycles. The molecule has 0 radical (unpaired) electrons. The predicted octanol–water partition coefficient (Wildman–Crippen LogP) is 1.58. The van der Waals surface area contributed by atoms with Crippen LogP contribution in [0.15, 0.2) is 0 Å². The first-order chi connectivity index (χ1) is 4.31. The number of hydrogen-bond acceptors (Lipinski definition) is 2. The molecule has 0 aliphatic heterocycles. The lowest BCUT2D eigenvalue weighted by molar-refractivity contribution is -0.109. The third kappa shape index (κ3) is 11.3. The van der Waals surface area contributed by atoms with E-state index in [1.807, 2.05) is 20.8 Å². The van der Waals surface area contributed by atoms with Gasteiger partial charge in [-0.2, -0.15) is 0 Å². The summed E-state index contributed by atoms with van der Waals surface area (Å²) in [5, 5.41) is 0. The maximum absolute atomic E-state index is 9.77.